The van der Waals surface area contributed by atoms with Crippen LogP contribution in [0.3, 0.4) is 0 Å². The molecule has 1 unspecified atom stereocenters. The summed E-state index contributed by atoms with van der Waals surface area (Å²) in [6.07, 6.45) is 3.70. The number of amides is 1. The first-order chi connectivity index (χ1) is 8.61. The van der Waals surface area contributed by atoms with E-state index in [0.717, 1.165) is 24.0 Å². The van der Waals surface area contributed by atoms with Gasteiger partial charge in [0, 0.05) is 18.2 Å². The zero-order chi connectivity index (χ0) is 13.1. The Balaban J connectivity index is 2.18. The third-order valence-corrected chi connectivity index (χ3v) is 3.49. The Labute approximate surface area is 107 Å². The summed E-state index contributed by atoms with van der Waals surface area (Å²) in [5.74, 6) is -0.170. The molecule has 2 rings (SSSR count). The van der Waals surface area contributed by atoms with Gasteiger partial charge in [0.25, 0.3) is 0 Å². The highest BCUT2D eigenvalue weighted by Gasteiger charge is 2.28. The second-order valence-corrected chi connectivity index (χ2v) is 4.76. The molecule has 1 aromatic carbocycles. The number of likely N-dealkylation sites (tertiary alicyclic amines) is 1. The second kappa shape index (κ2) is 5.34. The predicted molar refractivity (Wildman–Crippen MR) is 69.4 cm³/mol. The molecule has 1 atom stereocenters. The fraction of sp³-hybridized carbons (Fsp3) is 0.400. The minimum Gasteiger partial charge on any atom is -0.332 e. The summed E-state index contributed by atoms with van der Waals surface area (Å²) < 4.78 is 13.1. The topological polar surface area (TPSA) is 20.3 Å². The average Bonchev–Trinajstić information content (AvgIpc) is 2.35. The molecule has 1 fully saturated rings. The molecule has 3 heteroatoms. The van der Waals surface area contributed by atoms with E-state index in [4.69, 9.17) is 0 Å². The van der Waals surface area contributed by atoms with E-state index >= 15 is 0 Å². The van der Waals surface area contributed by atoms with Crippen LogP contribution in [-0.2, 0) is 11.3 Å². The van der Waals surface area contributed by atoms with Crippen LogP contribution in [-0.4, -0.2) is 16.8 Å². The molecule has 1 aliphatic heterocycles. The molecule has 0 bridgehead atoms. The van der Waals surface area contributed by atoms with E-state index in [-0.39, 0.29) is 17.8 Å². The summed E-state index contributed by atoms with van der Waals surface area (Å²) >= 11 is 0. The van der Waals surface area contributed by atoms with Crippen LogP contribution in [0.5, 0.6) is 0 Å². The van der Waals surface area contributed by atoms with Crippen LogP contribution in [0.15, 0.2) is 35.9 Å². The fourth-order valence-corrected chi connectivity index (χ4v) is 2.34. The van der Waals surface area contributed by atoms with Crippen molar-refractivity contribution in [1.29, 1.82) is 0 Å². The lowest BCUT2D eigenvalue weighted by Gasteiger charge is -2.34. The number of nitrogens with zero attached hydrogens (tertiary/aromatic N) is 1. The maximum Gasteiger partial charge on any atom is 0.249 e. The quantitative estimate of drug-likeness (QED) is 0.734. The fourth-order valence-electron chi connectivity index (χ4n) is 2.34. The molecule has 96 valence electrons. The lowest BCUT2D eigenvalue weighted by molar-refractivity contribution is -0.131. The van der Waals surface area contributed by atoms with Crippen LogP contribution >= 0.6 is 0 Å². The molecular formula is C15H18FNO. The van der Waals surface area contributed by atoms with Crippen molar-refractivity contribution in [3.05, 3.63) is 47.3 Å². The first kappa shape index (κ1) is 12.8. The van der Waals surface area contributed by atoms with E-state index < -0.39 is 0 Å². The number of halogens is 1. The summed E-state index contributed by atoms with van der Waals surface area (Å²) in [6.45, 7) is 4.42. The molecule has 1 heterocycles. The molecule has 0 aliphatic carbocycles. The highest BCUT2D eigenvalue weighted by atomic mass is 19.1. The maximum atomic E-state index is 13.1. The van der Waals surface area contributed by atoms with Crippen molar-refractivity contribution in [3.63, 3.8) is 0 Å². The Bertz CT molecular complexity index is 481. The van der Waals surface area contributed by atoms with Crippen LogP contribution in [0.25, 0.3) is 0 Å². The van der Waals surface area contributed by atoms with Gasteiger partial charge in [0.05, 0.1) is 0 Å². The second-order valence-electron chi connectivity index (χ2n) is 4.76. The van der Waals surface area contributed by atoms with Gasteiger partial charge in [-0.1, -0.05) is 18.2 Å². The summed E-state index contributed by atoms with van der Waals surface area (Å²) in [4.78, 5) is 14.0. The molecule has 0 N–H and O–H groups in total. The van der Waals surface area contributed by atoms with Gasteiger partial charge in [-0.05, 0) is 44.4 Å². The number of piperidine rings is 1. The van der Waals surface area contributed by atoms with E-state index in [1.54, 1.807) is 6.07 Å². The Hall–Kier alpha value is -1.64. The van der Waals surface area contributed by atoms with Crippen LogP contribution in [0.4, 0.5) is 4.39 Å². The van der Waals surface area contributed by atoms with Crippen molar-refractivity contribution >= 4 is 5.91 Å². The molecule has 1 saturated heterocycles. The lowest BCUT2D eigenvalue weighted by atomic mass is 9.97. The number of rotatable bonds is 2. The van der Waals surface area contributed by atoms with Crippen LogP contribution in [0, 0.1) is 5.82 Å². The molecule has 1 aromatic rings. The zero-order valence-corrected chi connectivity index (χ0v) is 10.8. The molecule has 0 radical (unpaired) electrons. The maximum absolute atomic E-state index is 13.1. The van der Waals surface area contributed by atoms with Crippen molar-refractivity contribution in [2.24, 2.45) is 0 Å². The smallest absolute Gasteiger partial charge is 0.249 e. The van der Waals surface area contributed by atoms with Gasteiger partial charge >= 0.3 is 0 Å². The van der Waals surface area contributed by atoms with Gasteiger partial charge in [-0.25, -0.2) is 4.39 Å². The van der Waals surface area contributed by atoms with Crippen molar-refractivity contribution in [2.45, 2.75) is 39.3 Å². The number of hydrogen-bond acceptors (Lipinski definition) is 1. The van der Waals surface area contributed by atoms with E-state index in [1.165, 1.54) is 12.1 Å². The highest BCUT2D eigenvalue weighted by molar-refractivity contribution is 5.94. The van der Waals surface area contributed by atoms with Crippen molar-refractivity contribution in [3.8, 4) is 0 Å². The molecule has 0 aromatic heterocycles. The average molecular weight is 247 g/mol. The van der Waals surface area contributed by atoms with Gasteiger partial charge in [-0.2, -0.15) is 0 Å². The van der Waals surface area contributed by atoms with E-state index in [2.05, 4.69) is 0 Å². The van der Waals surface area contributed by atoms with Crippen LogP contribution < -0.4 is 0 Å². The summed E-state index contributed by atoms with van der Waals surface area (Å²) in [5, 5.41) is 0. The number of carbonyl (C=O) groups excluding carboxylic acids is 1. The summed E-state index contributed by atoms with van der Waals surface area (Å²) in [7, 11) is 0. The predicted octanol–water partition coefficient (Wildman–Crippen LogP) is 3.28. The highest BCUT2D eigenvalue weighted by Crippen LogP contribution is 2.24. The van der Waals surface area contributed by atoms with Gasteiger partial charge in [0.15, 0.2) is 0 Å². The van der Waals surface area contributed by atoms with Gasteiger partial charge in [-0.3, -0.25) is 4.79 Å². The van der Waals surface area contributed by atoms with Gasteiger partial charge in [0.2, 0.25) is 5.91 Å². The third-order valence-electron chi connectivity index (χ3n) is 3.49. The molecule has 1 amide bonds. The number of benzene rings is 1. The van der Waals surface area contributed by atoms with Gasteiger partial charge < -0.3 is 4.90 Å². The zero-order valence-electron chi connectivity index (χ0n) is 10.8. The summed E-state index contributed by atoms with van der Waals surface area (Å²) in [6, 6.07) is 6.66. The van der Waals surface area contributed by atoms with E-state index in [1.807, 2.05) is 30.9 Å². The summed E-state index contributed by atoms with van der Waals surface area (Å²) in [5.41, 5.74) is 1.71. The Kier molecular flexibility index (Phi) is 3.80. The first-order valence-corrected chi connectivity index (χ1v) is 6.32. The van der Waals surface area contributed by atoms with Crippen molar-refractivity contribution < 1.29 is 9.18 Å². The van der Waals surface area contributed by atoms with E-state index in [9.17, 15) is 9.18 Å². The van der Waals surface area contributed by atoms with Crippen molar-refractivity contribution in [2.75, 3.05) is 0 Å². The van der Waals surface area contributed by atoms with Crippen LogP contribution in [0.1, 0.15) is 32.3 Å². The Morgan fingerprint density at radius 2 is 2.28 bits per heavy atom. The SMILES string of the molecule is C/C=C1\CCC(C)N(Cc2cccc(F)c2)C1=O. The number of hydrogen-bond donors (Lipinski definition) is 0. The Morgan fingerprint density at radius 1 is 1.50 bits per heavy atom. The van der Waals surface area contributed by atoms with Gasteiger partial charge in [-0.15, -0.1) is 0 Å². The number of carbonyl (C=O) groups is 1. The van der Waals surface area contributed by atoms with Gasteiger partial charge in [0.1, 0.15) is 5.82 Å². The first-order valence-electron chi connectivity index (χ1n) is 6.32. The number of allylic oxidation sites excluding steroid dienone is 1. The molecule has 18 heavy (non-hydrogen) atoms. The molecule has 1 aliphatic rings. The third kappa shape index (κ3) is 2.61. The molecule has 0 spiro atoms. The normalized spacial score (nSPS) is 22.6. The largest absolute Gasteiger partial charge is 0.332 e. The van der Waals surface area contributed by atoms with E-state index in [0.29, 0.717) is 6.54 Å². The molecular weight excluding hydrogens is 229 g/mol. The monoisotopic (exact) mass is 247 g/mol. The van der Waals surface area contributed by atoms with Crippen molar-refractivity contribution in [1.82, 2.24) is 4.90 Å². The standard InChI is InChI=1S/C15H18FNO/c1-3-13-8-7-11(2)17(15(13)18)10-12-5-4-6-14(16)9-12/h3-6,9,11H,7-8,10H2,1-2H3/b13-3+. The molecule has 2 nitrogen and oxygen atoms in total. The Morgan fingerprint density at radius 3 is 2.94 bits per heavy atom. The minimum atomic E-state index is -0.254. The molecule has 0 saturated carbocycles. The minimum absolute atomic E-state index is 0.0838. The van der Waals surface area contributed by atoms with Crippen LogP contribution in [0.2, 0.25) is 0 Å². The lowest BCUT2D eigenvalue weighted by Crippen LogP contribution is -2.42.